The van der Waals surface area contributed by atoms with Crippen molar-refractivity contribution in [1.29, 1.82) is 0 Å². The summed E-state index contributed by atoms with van der Waals surface area (Å²) >= 11 is 0. The number of hydrogen-bond acceptors (Lipinski definition) is 4. The third kappa shape index (κ3) is 2.30. The summed E-state index contributed by atoms with van der Waals surface area (Å²) in [5, 5.41) is 0. The van der Waals surface area contributed by atoms with Gasteiger partial charge in [-0.3, -0.25) is 4.79 Å². The molecule has 5 saturated carbocycles. The van der Waals surface area contributed by atoms with E-state index in [1.165, 1.54) is 32.1 Å². The molecule has 5 aliphatic carbocycles. The SMILES string of the molecule is CC(=O)O[C@H]1CC[C@@]2(C)[C@@H](C[C@H]3O[C@]34[C@@]3(C)CC[C@@]5(C)CC[C@@H](C)[C@H](C)[C@H]5[C@]3(C)C[C@H]3O[C@]342)C1(C)C. The highest BCUT2D eigenvalue weighted by molar-refractivity contribution is 5.66. The van der Waals surface area contributed by atoms with Gasteiger partial charge in [0.1, 0.15) is 17.3 Å². The number of ether oxygens (including phenoxy) is 3. The van der Waals surface area contributed by atoms with Crippen LogP contribution in [0.25, 0.3) is 0 Å². The Morgan fingerprint density at radius 1 is 0.833 bits per heavy atom. The van der Waals surface area contributed by atoms with Gasteiger partial charge in [-0.1, -0.05) is 55.4 Å². The Bertz CT molecular complexity index is 1020. The van der Waals surface area contributed by atoms with Crippen molar-refractivity contribution in [3.8, 4) is 0 Å². The van der Waals surface area contributed by atoms with Crippen LogP contribution in [-0.4, -0.2) is 35.5 Å². The zero-order chi connectivity index (χ0) is 25.9. The minimum atomic E-state index is -0.169. The molecule has 0 aromatic heterocycles. The third-order valence-corrected chi connectivity index (χ3v) is 14.9. The standard InChI is InChI=1S/C32H50O4/c1-18-10-12-27(6)14-15-30(9)29(8,25(27)19(18)2)17-24-31(36-24)28(7)13-11-22(34-20(3)33)26(4,5)21(28)16-23-32(30,31)35-23/h18-19,21-25H,10-17H2,1-9H3/t18-,19+,21+,22+,23-,24-,25-,27-,28+,29+,30+,31+,32+/m1/s1. The first-order valence-electron chi connectivity index (χ1n) is 15.2. The molecule has 0 N–H and O–H groups in total. The molecular weight excluding hydrogens is 448 g/mol. The summed E-state index contributed by atoms with van der Waals surface area (Å²) in [6.45, 7) is 21.8. The van der Waals surface area contributed by atoms with E-state index in [4.69, 9.17) is 14.2 Å². The van der Waals surface area contributed by atoms with Crippen molar-refractivity contribution in [2.24, 2.45) is 50.7 Å². The fraction of sp³-hybridized carbons (Fsp3) is 0.969. The van der Waals surface area contributed by atoms with E-state index in [0.29, 0.717) is 17.4 Å². The molecular formula is C32H50O4. The van der Waals surface area contributed by atoms with Gasteiger partial charge in [-0.15, -0.1) is 0 Å². The number of esters is 1. The first-order valence-corrected chi connectivity index (χ1v) is 15.2. The van der Waals surface area contributed by atoms with E-state index in [9.17, 15) is 4.79 Å². The van der Waals surface area contributed by atoms with Gasteiger partial charge >= 0.3 is 5.97 Å². The monoisotopic (exact) mass is 498 g/mol. The summed E-state index contributed by atoms with van der Waals surface area (Å²) in [5.74, 6) is 2.57. The van der Waals surface area contributed by atoms with E-state index in [1.807, 2.05) is 0 Å². The Hall–Kier alpha value is -0.610. The van der Waals surface area contributed by atoms with Crippen LogP contribution in [0.2, 0.25) is 0 Å². The Labute approximate surface area is 219 Å². The molecule has 36 heavy (non-hydrogen) atoms. The van der Waals surface area contributed by atoms with E-state index >= 15 is 0 Å². The molecule has 7 rings (SSSR count). The molecule has 4 heteroatoms. The Balaban J connectivity index is 1.32. The second kappa shape index (κ2) is 6.57. The molecule has 0 radical (unpaired) electrons. The summed E-state index contributed by atoms with van der Waals surface area (Å²) in [4.78, 5) is 12.0. The van der Waals surface area contributed by atoms with Crippen LogP contribution < -0.4 is 0 Å². The van der Waals surface area contributed by atoms with Crippen LogP contribution in [0.15, 0.2) is 0 Å². The summed E-state index contributed by atoms with van der Waals surface area (Å²) in [6, 6.07) is 0. The van der Waals surface area contributed by atoms with E-state index in [0.717, 1.165) is 37.0 Å². The fourth-order valence-electron chi connectivity index (χ4n) is 13.0. The Morgan fingerprint density at radius 2 is 1.53 bits per heavy atom. The van der Waals surface area contributed by atoms with Gasteiger partial charge in [0.15, 0.2) is 0 Å². The number of fused-ring (bicyclic) bond motifs is 4. The van der Waals surface area contributed by atoms with Crippen LogP contribution in [0, 0.1) is 50.7 Å². The molecule has 0 bridgehead atoms. The average molecular weight is 499 g/mol. The molecule has 4 nitrogen and oxygen atoms in total. The first-order chi connectivity index (χ1) is 16.6. The maximum atomic E-state index is 12.0. The highest BCUT2D eigenvalue weighted by Crippen LogP contribution is 2.88. The number of hydrogen-bond donors (Lipinski definition) is 0. The number of rotatable bonds is 1. The van der Waals surface area contributed by atoms with Crippen LogP contribution in [0.1, 0.15) is 114 Å². The van der Waals surface area contributed by atoms with Crippen LogP contribution in [0.5, 0.6) is 0 Å². The molecule has 0 aromatic rings. The quantitative estimate of drug-likeness (QED) is 0.290. The maximum absolute atomic E-state index is 12.0. The number of carbonyl (C=O) groups is 1. The lowest BCUT2D eigenvalue weighted by molar-refractivity contribution is -0.236. The molecule has 0 amide bonds. The zero-order valence-corrected chi connectivity index (χ0v) is 24.3. The van der Waals surface area contributed by atoms with Crippen molar-refractivity contribution in [2.75, 3.05) is 0 Å². The van der Waals surface area contributed by atoms with E-state index in [2.05, 4.69) is 55.4 Å². The van der Waals surface area contributed by atoms with Gasteiger partial charge in [-0.2, -0.15) is 0 Å². The lowest BCUT2D eigenvalue weighted by atomic mass is 9.31. The van der Waals surface area contributed by atoms with Gasteiger partial charge in [0.05, 0.1) is 12.2 Å². The van der Waals surface area contributed by atoms with E-state index in [1.54, 1.807) is 6.92 Å². The van der Waals surface area contributed by atoms with Gasteiger partial charge in [0.25, 0.3) is 0 Å². The van der Waals surface area contributed by atoms with Gasteiger partial charge in [-0.05, 0) is 85.9 Å². The van der Waals surface area contributed by atoms with Crippen molar-refractivity contribution in [1.82, 2.24) is 0 Å². The van der Waals surface area contributed by atoms with E-state index in [-0.39, 0.29) is 51.0 Å². The molecule has 2 aliphatic heterocycles. The molecule has 13 atom stereocenters. The van der Waals surface area contributed by atoms with Crippen molar-refractivity contribution < 1.29 is 19.0 Å². The summed E-state index contributed by atoms with van der Waals surface area (Å²) < 4.78 is 20.2. The predicted octanol–water partition coefficient (Wildman–Crippen LogP) is 6.94. The van der Waals surface area contributed by atoms with Gasteiger partial charge in [0.2, 0.25) is 0 Å². The molecule has 202 valence electrons. The molecule has 2 saturated heterocycles. The van der Waals surface area contributed by atoms with Crippen LogP contribution in [0.4, 0.5) is 0 Å². The van der Waals surface area contributed by atoms with Crippen molar-refractivity contribution in [3.05, 3.63) is 0 Å². The van der Waals surface area contributed by atoms with Crippen LogP contribution in [0.3, 0.4) is 0 Å². The summed E-state index contributed by atoms with van der Waals surface area (Å²) in [7, 11) is 0. The normalized spacial score (nSPS) is 63.9. The molecule has 0 unspecified atom stereocenters. The van der Waals surface area contributed by atoms with Crippen LogP contribution >= 0.6 is 0 Å². The Kier molecular flexibility index (Phi) is 4.46. The molecule has 2 spiro atoms. The highest BCUT2D eigenvalue weighted by atomic mass is 16.7. The van der Waals surface area contributed by atoms with Gasteiger partial charge in [0, 0.05) is 23.2 Å². The van der Waals surface area contributed by atoms with Crippen molar-refractivity contribution >= 4 is 5.97 Å². The minimum absolute atomic E-state index is 0.0164. The first kappa shape index (κ1) is 24.4. The number of epoxide rings is 2. The van der Waals surface area contributed by atoms with Gasteiger partial charge in [-0.25, -0.2) is 0 Å². The molecule has 7 aliphatic rings. The fourth-order valence-corrected chi connectivity index (χ4v) is 13.0. The lowest BCUT2D eigenvalue weighted by Gasteiger charge is -2.71. The predicted molar refractivity (Wildman–Crippen MR) is 139 cm³/mol. The van der Waals surface area contributed by atoms with Crippen molar-refractivity contribution in [3.63, 3.8) is 0 Å². The van der Waals surface area contributed by atoms with Gasteiger partial charge < -0.3 is 14.2 Å². The largest absolute Gasteiger partial charge is 0.462 e. The van der Waals surface area contributed by atoms with E-state index < -0.39 is 0 Å². The van der Waals surface area contributed by atoms with Crippen LogP contribution in [-0.2, 0) is 19.0 Å². The minimum Gasteiger partial charge on any atom is -0.462 e. The topological polar surface area (TPSA) is 51.4 Å². The second-order valence-corrected chi connectivity index (χ2v) is 16.3. The Morgan fingerprint density at radius 3 is 2.22 bits per heavy atom. The zero-order valence-electron chi connectivity index (χ0n) is 24.3. The summed E-state index contributed by atoms with van der Waals surface area (Å²) in [6.07, 6.45) is 10.2. The average Bonchev–Trinajstić information content (AvgIpc) is 3.68. The molecule has 0 aromatic carbocycles. The lowest BCUT2D eigenvalue weighted by Crippen LogP contribution is -2.75. The summed E-state index contributed by atoms with van der Waals surface area (Å²) in [5.41, 5.74) is 0.483. The molecule has 7 fully saturated rings. The maximum Gasteiger partial charge on any atom is 0.302 e. The highest BCUT2D eigenvalue weighted by Gasteiger charge is 2.97. The smallest absolute Gasteiger partial charge is 0.302 e. The second-order valence-electron chi connectivity index (χ2n) is 16.3. The third-order valence-electron chi connectivity index (χ3n) is 14.9. The number of carbonyl (C=O) groups excluding carboxylic acids is 1. The molecule has 2 heterocycles. The van der Waals surface area contributed by atoms with Crippen molar-refractivity contribution in [2.45, 2.75) is 143 Å².